The van der Waals surface area contributed by atoms with Gasteiger partial charge in [-0.1, -0.05) is 285 Å². The van der Waals surface area contributed by atoms with Gasteiger partial charge in [-0.25, -0.2) is 0 Å². The third kappa shape index (κ3) is 7.66. The molecule has 0 saturated carbocycles. The van der Waals surface area contributed by atoms with E-state index in [2.05, 4.69) is 315 Å². The number of hydrogen-bond donors (Lipinski definition) is 0. The van der Waals surface area contributed by atoms with Gasteiger partial charge in [0.1, 0.15) is 11.2 Å². The van der Waals surface area contributed by atoms with Gasteiger partial charge < -0.3 is 4.42 Å². The average molecular weight is 1100 g/mol. The van der Waals surface area contributed by atoms with E-state index in [1.165, 1.54) is 137 Å². The number of fused-ring (bicyclic) bond motifs is 14. The first kappa shape index (κ1) is 49.1. The van der Waals surface area contributed by atoms with Crippen molar-refractivity contribution in [3.8, 4) is 77.9 Å². The summed E-state index contributed by atoms with van der Waals surface area (Å²) in [5.74, 6) is 0. The zero-order chi connectivity index (χ0) is 57.1. The van der Waals surface area contributed by atoms with Crippen LogP contribution >= 0.6 is 0 Å². The Bertz CT molecular complexity index is 5810. The van der Waals surface area contributed by atoms with Gasteiger partial charge in [-0.2, -0.15) is 0 Å². The monoisotopic (exact) mass is 1100 g/mol. The van der Waals surface area contributed by atoms with Crippen molar-refractivity contribution in [2.24, 2.45) is 0 Å². The minimum atomic E-state index is 0.897. The molecule has 18 rings (SSSR count). The minimum absolute atomic E-state index is 0.897. The normalized spacial score (nSPS) is 11.9. The van der Waals surface area contributed by atoms with E-state index in [4.69, 9.17) is 4.42 Å². The van der Waals surface area contributed by atoms with Crippen LogP contribution in [0.3, 0.4) is 0 Å². The molecule has 0 unspecified atom stereocenters. The predicted molar refractivity (Wildman–Crippen MR) is 372 cm³/mol. The Hall–Kier alpha value is -11.4. The van der Waals surface area contributed by atoms with Crippen LogP contribution in [-0.2, 0) is 0 Å². The van der Waals surface area contributed by atoms with Gasteiger partial charge in [-0.05, 0) is 178 Å². The van der Waals surface area contributed by atoms with Gasteiger partial charge >= 0.3 is 0 Å². The lowest BCUT2D eigenvalue weighted by Gasteiger charge is -2.21. The quantitative estimate of drug-likeness (QED) is 0.115. The SMILES string of the molecule is c1ccc(-c2ccc(-c3c4ccccc4c(-c4cccc(-c5ccc6ccccc6c5)c4)c4cc(-c5ccc6c(c5)c5ccccc5c5c7cccc(-c8c9ccccc9c(-c9ccccc9)c9ccccc89)c7oc65)ccc34)c3ccccc23)cc1. The van der Waals surface area contributed by atoms with Gasteiger partial charge in [-0.3, -0.25) is 0 Å². The number of para-hydroxylation sites is 1. The van der Waals surface area contributed by atoms with Gasteiger partial charge in [0.2, 0.25) is 0 Å². The van der Waals surface area contributed by atoms with Crippen LogP contribution in [-0.4, -0.2) is 0 Å². The predicted octanol–water partition coefficient (Wildman–Crippen LogP) is 24.5. The van der Waals surface area contributed by atoms with Gasteiger partial charge in [0, 0.05) is 27.3 Å². The van der Waals surface area contributed by atoms with Gasteiger partial charge in [0.05, 0.1) is 0 Å². The number of benzene rings is 17. The van der Waals surface area contributed by atoms with Crippen molar-refractivity contribution in [3.05, 3.63) is 315 Å². The Morgan fingerprint density at radius 2 is 0.586 bits per heavy atom. The second kappa shape index (κ2) is 19.6. The number of rotatable bonds is 7. The molecule has 0 aliphatic heterocycles. The third-order valence-electron chi connectivity index (χ3n) is 18.6. The number of hydrogen-bond acceptors (Lipinski definition) is 1. The molecule has 0 aliphatic carbocycles. The first-order valence-electron chi connectivity index (χ1n) is 30.1. The Kier molecular flexibility index (Phi) is 11.1. The molecule has 87 heavy (non-hydrogen) atoms. The molecule has 1 heteroatoms. The molecular formula is C86H52O. The van der Waals surface area contributed by atoms with Crippen molar-refractivity contribution in [1.29, 1.82) is 0 Å². The maximum atomic E-state index is 7.46. The summed E-state index contributed by atoms with van der Waals surface area (Å²) in [4.78, 5) is 0. The molecule has 1 nitrogen and oxygen atoms in total. The van der Waals surface area contributed by atoms with Crippen molar-refractivity contribution in [1.82, 2.24) is 0 Å². The first-order valence-corrected chi connectivity index (χ1v) is 30.1. The summed E-state index contributed by atoms with van der Waals surface area (Å²) in [5.41, 5.74) is 18.5. The van der Waals surface area contributed by atoms with Crippen LogP contribution in [0.2, 0.25) is 0 Å². The van der Waals surface area contributed by atoms with Crippen molar-refractivity contribution in [3.63, 3.8) is 0 Å². The Labute approximate surface area is 502 Å². The van der Waals surface area contributed by atoms with E-state index in [0.29, 0.717) is 0 Å². The molecule has 0 amide bonds. The molecule has 0 radical (unpaired) electrons. The Balaban J connectivity index is 0.867. The Morgan fingerprint density at radius 1 is 0.161 bits per heavy atom. The summed E-state index contributed by atoms with van der Waals surface area (Å²) in [6.45, 7) is 0. The van der Waals surface area contributed by atoms with Crippen LogP contribution in [0, 0.1) is 0 Å². The molecule has 1 heterocycles. The van der Waals surface area contributed by atoms with Crippen molar-refractivity contribution >= 4 is 108 Å². The highest BCUT2D eigenvalue weighted by molar-refractivity contribution is 6.33. The van der Waals surface area contributed by atoms with Crippen molar-refractivity contribution in [2.75, 3.05) is 0 Å². The zero-order valence-electron chi connectivity index (χ0n) is 47.4. The summed E-state index contributed by atoms with van der Waals surface area (Å²) >= 11 is 0. The summed E-state index contributed by atoms with van der Waals surface area (Å²) < 4.78 is 7.46. The fraction of sp³-hybridized carbons (Fsp3) is 0. The molecule has 0 spiro atoms. The second-order valence-electron chi connectivity index (χ2n) is 23.3. The number of furan rings is 1. The highest BCUT2D eigenvalue weighted by Crippen LogP contribution is 2.51. The van der Waals surface area contributed by atoms with Crippen LogP contribution in [0.1, 0.15) is 0 Å². The molecule has 0 atom stereocenters. The fourth-order valence-electron chi connectivity index (χ4n) is 14.8. The average Bonchev–Trinajstić information content (AvgIpc) is 1.92. The van der Waals surface area contributed by atoms with Crippen molar-refractivity contribution < 1.29 is 4.42 Å². The lowest BCUT2D eigenvalue weighted by atomic mass is 9.82. The smallest absolute Gasteiger partial charge is 0.143 e. The Morgan fingerprint density at radius 3 is 1.26 bits per heavy atom. The standard InChI is InChI=1S/C86H52O/c1-3-22-54(23-4-1)62-47-48-73(64-30-10-9-29-63(62)64)82-70-36-16-15-35-69(70)81(61-28-19-27-57(50-61)58-42-41-53-21-7-8-26-56(53)49-58)79-52-60(43-45-74(79)82)59-44-46-75-78(51-59)65-31-11-12-32-66(65)84-77-40-20-39-76(85(77)87-86(75)84)83-71-37-17-13-33-67(71)80(55-24-5-2-6-25-55)68-34-14-18-38-72(68)83/h1-52H. The van der Waals surface area contributed by atoms with E-state index < -0.39 is 0 Å². The topological polar surface area (TPSA) is 13.1 Å². The fourth-order valence-corrected chi connectivity index (χ4v) is 14.8. The van der Waals surface area contributed by atoms with E-state index in [0.717, 1.165) is 49.4 Å². The van der Waals surface area contributed by atoms with Gasteiger partial charge in [0.15, 0.2) is 0 Å². The maximum absolute atomic E-state index is 7.46. The summed E-state index contributed by atoms with van der Waals surface area (Å²) in [6.07, 6.45) is 0. The summed E-state index contributed by atoms with van der Waals surface area (Å²) in [7, 11) is 0. The molecule has 0 N–H and O–H groups in total. The van der Waals surface area contributed by atoms with Gasteiger partial charge in [0.25, 0.3) is 0 Å². The molecule has 0 fully saturated rings. The molecule has 402 valence electrons. The minimum Gasteiger partial charge on any atom is -0.455 e. The summed E-state index contributed by atoms with van der Waals surface area (Å²) in [5, 5.41) is 21.5. The molecule has 0 bridgehead atoms. The second-order valence-corrected chi connectivity index (χ2v) is 23.3. The van der Waals surface area contributed by atoms with Crippen LogP contribution in [0.5, 0.6) is 0 Å². The molecule has 0 aliphatic rings. The van der Waals surface area contributed by atoms with E-state index in [1.807, 2.05) is 0 Å². The zero-order valence-corrected chi connectivity index (χ0v) is 47.4. The van der Waals surface area contributed by atoms with Gasteiger partial charge in [-0.15, -0.1) is 0 Å². The first-order chi connectivity index (χ1) is 43.2. The van der Waals surface area contributed by atoms with E-state index in [9.17, 15) is 0 Å². The summed E-state index contributed by atoms with van der Waals surface area (Å²) in [6, 6.07) is 117. The van der Waals surface area contributed by atoms with Crippen LogP contribution < -0.4 is 0 Å². The lowest BCUT2D eigenvalue weighted by Crippen LogP contribution is -1.93. The molecular weight excluding hydrogens is 1050 g/mol. The van der Waals surface area contributed by atoms with Crippen molar-refractivity contribution in [2.45, 2.75) is 0 Å². The molecule has 18 aromatic rings. The van der Waals surface area contributed by atoms with Crippen LogP contribution in [0.15, 0.2) is 320 Å². The van der Waals surface area contributed by atoms with Crippen LogP contribution in [0.4, 0.5) is 0 Å². The highest BCUT2D eigenvalue weighted by atomic mass is 16.3. The largest absolute Gasteiger partial charge is 0.455 e. The van der Waals surface area contributed by atoms with Crippen LogP contribution in [0.25, 0.3) is 186 Å². The molecule has 17 aromatic carbocycles. The van der Waals surface area contributed by atoms with E-state index >= 15 is 0 Å². The van der Waals surface area contributed by atoms with E-state index in [-0.39, 0.29) is 0 Å². The molecule has 0 saturated heterocycles. The van der Waals surface area contributed by atoms with E-state index in [1.54, 1.807) is 0 Å². The third-order valence-corrected chi connectivity index (χ3v) is 18.6. The lowest BCUT2D eigenvalue weighted by molar-refractivity contribution is 0.674. The molecule has 1 aromatic heterocycles. The maximum Gasteiger partial charge on any atom is 0.143 e. The highest BCUT2D eigenvalue weighted by Gasteiger charge is 2.25.